The fourth-order valence-electron chi connectivity index (χ4n) is 3.10. The Morgan fingerprint density at radius 2 is 1.82 bits per heavy atom. The SMILES string of the molecule is CN(Cc1ccc(F)cc1)C(=O)CN1C(=O)NC(C)(c2ccccc2Br)C1=O. The molecule has 1 heterocycles. The van der Waals surface area contributed by atoms with Crippen LogP contribution in [0.3, 0.4) is 0 Å². The fraction of sp³-hybridized carbons (Fsp3) is 0.250. The third-order valence-corrected chi connectivity index (χ3v) is 5.43. The molecule has 146 valence electrons. The highest BCUT2D eigenvalue weighted by Crippen LogP contribution is 2.33. The van der Waals surface area contributed by atoms with E-state index in [1.54, 1.807) is 44.3 Å². The molecule has 3 rings (SSSR count). The lowest BCUT2D eigenvalue weighted by atomic mass is 9.92. The number of nitrogens with zero attached hydrogens (tertiary/aromatic N) is 2. The topological polar surface area (TPSA) is 69.7 Å². The van der Waals surface area contributed by atoms with E-state index in [-0.39, 0.29) is 18.9 Å². The van der Waals surface area contributed by atoms with E-state index >= 15 is 0 Å². The number of hydrogen-bond acceptors (Lipinski definition) is 3. The normalized spacial score (nSPS) is 18.9. The monoisotopic (exact) mass is 447 g/mol. The molecule has 1 aliphatic rings. The van der Waals surface area contributed by atoms with Gasteiger partial charge in [0, 0.05) is 23.6 Å². The zero-order chi connectivity index (χ0) is 20.5. The minimum Gasteiger partial charge on any atom is -0.340 e. The van der Waals surface area contributed by atoms with Gasteiger partial charge in [-0.25, -0.2) is 9.18 Å². The van der Waals surface area contributed by atoms with Gasteiger partial charge in [-0.3, -0.25) is 14.5 Å². The first-order chi connectivity index (χ1) is 13.2. The molecule has 1 atom stereocenters. The highest BCUT2D eigenvalue weighted by molar-refractivity contribution is 9.10. The maximum Gasteiger partial charge on any atom is 0.325 e. The Bertz CT molecular complexity index is 935. The van der Waals surface area contributed by atoms with Gasteiger partial charge in [-0.2, -0.15) is 0 Å². The van der Waals surface area contributed by atoms with Crippen molar-refractivity contribution in [3.63, 3.8) is 0 Å². The molecule has 0 aromatic heterocycles. The van der Waals surface area contributed by atoms with Crippen molar-refractivity contribution in [1.82, 2.24) is 15.1 Å². The van der Waals surface area contributed by atoms with Gasteiger partial charge in [-0.05, 0) is 30.7 Å². The Morgan fingerprint density at radius 1 is 1.18 bits per heavy atom. The fourth-order valence-corrected chi connectivity index (χ4v) is 3.78. The molecule has 1 N–H and O–H groups in total. The third-order valence-electron chi connectivity index (χ3n) is 4.74. The maximum atomic E-state index is 13.0. The second-order valence-corrected chi connectivity index (χ2v) is 7.66. The van der Waals surface area contributed by atoms with Crippen LogP contribution in [0, 0.1) is 5.82 Å². The standard InChI is InChI=1S/C20H19BrFN3O3/c1-20(15-5-3-4-6-16(15)21)18(27)25(19(28)23-20)12-17(26)24(2)11-13-7-9-14(22)10-8-13/h3-10H,11-12H2,1-2H3,(H,23,28). The van der Waals surface area contributed by atoms with Crippen LogP contribution in [0.1, 0.15) is 18.1 Å². The van der Waals surface area contributed by atoms with E-state index in [4.69, 9.17) is 0 Å². The summed E-state index contributed by atoms with van der Waals surface area (Å²) in [6.45, 7) is 1.48. The summed E-state index contributed by atoms with van der Waals surface area (Å²) >= 11 is 3.40. The number of rotatable bonds is 5. The predicted octanol–water partition coefficient (Wildman–Crippen LogP) is 3.01. The largest absolute Gasteiger partial charge is 0.340 e. The summed E-state index contributed by atoms with van der Waals surface area (Å²) in [6.07, 6.45) is 0. The molecule has 1 fully saturated rings. The summed E-state index contributed by atoms with van der Waals surface area (Å²) in [5.74, 6) is -1.25. The van der Waals surface area contributed by atoms with Crippen LogP contribution >= 0.6 is 15.9 Å². The van der Waals surface area contributed by atoms with Crippen molar-refractivity contribution in [2.45, 2.75) is 19.0 Å². The van der Waals surface area contributed by atoms with Crippen molar-refractivity contribution in [2.24, 2.45) is 0 Å². The van der Waals surface area contributed by atoms with Crippen molar-refractivity contribution in [3.05, 3.63) is 69.9 Å². The number of urea groups is 1. The maximum absolute atomic E-state index is 13.0. The van der Waals surface area contributed by atoms with Crippen LogP contribution in [0.2, 0.25) is 0 Å². The smallest absolute Gasteiger partial charge is 0.325 e. The van der Waals surface area contributed by atoms with E-state index in [1.165, 1.54) is 17.0 Å². The summed E-state index contributed by atoms with van der Waals surface area (Å²) < 4.78 is 13.7. The van der Waals surface area contributed by atoms with Crippen LogP contribution in [-0.4, -0.2) is 41.2 Å². The van der Waals surface area contributed by atoms with Gasteiger partial charge in [0.05, 0.1) is 0 Å². The van der Waals surface area contributed by atoms with Crippen LogP contribution in [0.15, 0.2) is 53.0 Å². The molecule has 8 heteroatoms. The van der Waals surface area contributed by atoms with E-state index in [1.807, 2.05) is 6.07 Å². The Hall–Kier alpha value is -2.74. The number of amides is 4. The highest BCUT2D eigenvalue weighted by atomic mass is 79.9. The van der Waals surface area contributed by atoms with Gasteiger partial charge < -0.3 is 10.2 Å². The zero-order valence-corrected chi connectivity index (χ0v) is 17.0. The van der Waals surface area contributed by atoms with Gasteiger partial charge in [0.2, 0.25) is 5.91 Å². The minimum absolute atomic E-state index is 0.240. The summed E-state index contributed by atoms with van der Waals surface area (Å²) in [5.41, 5.74) is 0.1000. The van der Waals surface area contributed by atoms with E-state index in [9.17, 15) is 18.8 Å². The molecule has 2 aromatic rings. The number of nitrogens with one attached hydrogen (secondary N) is 1. The van der Waals surface area contributed by atoms with Gasteiger partial charge in [-0.1, -0.05) is 46.3 Å². The van der Waals surface area contributed by atoms with E-state index < -0.39 is 23.4 Å². The molecular formula is C20H19BrFN3O3. The first kappa shape index (κ1) is 20.0. The molecule has 6 nitrogen and oxygen atoms in total. The minimum atomic E-state index is -1.26. The Labute approximate surface area is 170 Å². The quantitative estimate of drug-likeness (QED) is 0.716. The van der Waals surface area contributed by atoms with Gasteiger partial charge in [0.25, 0.3) is 5.91 Å². The Kier molecular flexibility index (Phi) is 5.51. The van der Waals surface area contributed by atoms with Gasteiger partial charge in [0.15, 0.2) is 0 Å². The number of hydrogen-bond donors (Lipinski definition) is 1. The van der Waals surface area contributed by atoms with E-state index in [0.29, 0.717) is 10.0 Å². The molecule has 1 unspecified atom stereocenters. The van der Waals surface area contributed by atoms with Crippen molar-refractivity contribution in [3.8, 4) is 0 Å². The van der Waals surface area contributed by atoms with Gasteiger partial charge >= 0.3 is 6.03 Å². The van der Waals surface area contributed by atoms with Crippen LogP contribution in [0.5, 0.6) is 0 Å². The van der Waals surface area contributed by atoms with Crippen LogP contribution in [0.4, 0.5) is 9.18 Å². The molecule has 0 spiro atoms. The first-order valence-electron chi connectivity index (χ1n) is 8.60. The number of imide groups is 1. The third kappa shape index (κ3) is 3.77. The lowest BCUT2D eigenvalue weighted by Crippen LogP contribution is -2.43. The highest BCUT2D eigenvalue weighted by Gasteiger charge is 2.50. The molecule has 0 saturated carbocycles. The lowest BCUT2D eigenvalue weighted by molar-refractivity contribution is -0.138. The van der Waals surface area contributed by atoms with Gasteiger partial charge in [0.1, 0.15) is 17.9 Å². The molecule has 0 radical (unpaired) electrons. The zero-order valence-electron chi connectivity index (χ0n) is 15.4. The second kappa shape index (κ2) is 7.71. The average molecular weight is 448 g/mol. The van der Waals surface area contributed by atoms with Crippen molar-refractivity contribution < 1.29 is 18.8 Å². The molecule has 1 aliphatic heterocycles. The molecule has 0 bridgehead atoms. The van der Waals surface area contributed by atoms with E-state index in [0.717, 1.165) is 10.5 Å². The van der Waals surface area contributed by atoms with Crippen molar-refractivity contribution in [1.29, 1.82) is 0 Å². The molecule has 2 aromatic carbocycles. The molecule has 28 heavy (non-hydrogen) atoms. The van der Waals surface area contributed by atoms with Crippen LogP contribution in [0.25, 0.3) is 0 Å². The first-order valence-corrected chi connectivity index (χ1v) is 9.39. The molecular weight excluding hydrogens is 429 g/mol. The van der Waals surface area contributed by atoms with Crippen molar-refractivity contribution >= 4 is 33.8 Å². The predicted molar refractivity (Wildman–Crippen MR) is 105 cm³/mol. The summed E-state index contributed by atoms with van der Waals surface area (Å²) in [7, 11) is 1.57. The van der Waals surface area contributed by atoms with Crippen molar-refractivity contribution in [2.75, 3.05) is 13.6 Å². The molecule has 0 aliphatic carbocycles. The summed E-state index contributed by atoms with van der Waals surface area (Å²) in [5, 5.41) is 2.68. The average Bonchev–Trinajstić information content (AvgIpc) is 2.87. The number of carbonyl (C=O) groups is 3. The number of carbonyl (C=O) groups excluding carboxylic acids is 3. The number of benzene rings is 2. The van der Waals surface area contributed by atoms with E-state index in [2.05, 4.69) is 21.2 Å². The van der Waals surface area contributed by atoms with Crippen LogP contribution in [-0.2, 0) is 21.7 Å². The number of halogens is 2. The number of likely N-dealkylation sites (N-methyl/N-ethyl adjacent to an activating group) is 1. The molecule has 4 amide bonds. The Balaban J connectivity index is 1.72. The molecule has 1 saturated heterocycles. The second-order valence-electron chi connectivity index (χ2n) is 6.80. The van der Waals surface area contributed by atoms with Gasteiger partial charge in [-0.15, -0.1) is 0 Å². The summed E-state index contributed by atoms with van der Waals surface area (Å²) in [4.78, 5) is 40.2. The van der Waals surface area contributed by atoms with Crippen LogP contribution < -0.4 is 5.32 Å². The summed E-state index contributed by atoms with van der Waals surface area (Å²) in [6, 6.07) is 12.3. The lowest BCUT2D eigenvalue weighted by Gasteiger charge is -2.24. The Morgan fingerprint density at radius 3 is 2.46 bits per heavy atom.